The first-order valence-electron chi connectivity index (χ1n) is 6.52. The van der Waals surface area contributed by atoms with Crippen molar-refractivity contribution in [1.82, 2.24) is 9.97 Å². The highest BCUT2D eigenvalue weighted by atomic mass is 16.5. The summed E-state index contributed by atoms with van der Waals surface area (Å²) in [5.74, 6) is 0.397. The Morgan fingerprint density at radius 2 is 2.25 bits per heavy atom. The molecule has 2 aromatic rings. The average Bonchev–Trinajstić information content (AvgIpc) is 2.90. The standard InChI is InChI=1S/C15H14N2O3/c1-2-11-10(15(18)19)8-16-14(17-11)13-7-9-5-3-4-6-12(9)20-13/h3-6,8,13H,2,7H2,1H3,(H,18,19). The maximum atomic E-state index is 11.1. The summed E-state index contributed by atoms with van der Waals surface area (Å²) in [7, 11) is 0. The third-order valence-corrected chi connectivity index (χ3v) is 3.39. The molecule has 3 rings (SSSR count). The Balaban J connectivity index is 1.91. The molecule has 5 heteroatoms. The molecule has 20 heavy (non-hydrogen) atoms. The summed E-state index contributed by atoms with van der Waals surface area (Å²) in [6.07, 6.45) is 2.40. The summed E-state index contributed by atoms with van der Waals surface area (Å²) in [5, 5.41) is 9.08. The molecular weight excluding hydrogens is 256 g/mol. The van der Waals surface area contributed by atoms with Crippen LogP contribution in [0.2, 0.25) is 0 Å². The van der Waals surface area contributed by atoms with Crippen LogP contribution in [0.5, 0.6) is 5.75 Å². The van der Waals surface area contributed by atoms with Gasteiger partial charge in [0.05, 0.1) is 11.3 Å². The van der Waals surface area contributed by atoms with E-state index in [0.29, 0.717) is 24.4 Å². The molecular formula is C15H14N2O3. The van der Waals surface area contributed by atoms with Crippen molar-refractivity contribution in [2.24, 2.45) is 0 Å². The number of hydrogen-bond acceptors (Lipinski definition) is 4. The fraction of sp³-hybridized carbons (Fsp3) is 0.267. The molecule has 2 heterocycles. The molecule has 0 saturated carbocycles. The number of hydrogen-bond donors (Lipinski definition) is 1. The lowest BCUT2D eigenvalue weighted by molar-refractivity contribution is 0.0694. The molecule has 0 amide bonds. The number of carboxylic acids is 1. The van der Waals surface area contributed by atoms with E-state index in [1.54, 1.807) is 0 Å². The van der Waals surface area contributed by atoms with Crippen LogP contribution in [0.1, 0.15) is 40.5 Å². The molecule has 0 radical (unpaired) electrons. The van der Waals surface area contributed by atoms with Crippen LogP contribution in [0.25, 0.3) is 0 Å². The number of aromatic nitrogens is 2. The third-order valence-electron chi connectivity index (χ3n) is 3.39. The van der Waals surface area contributed by atoms with Crippen LogP contribution in [-0.2, 0) is 12.8 Å². The van der Waals surface area contributed by atoms with Crippen molar-refractivity contribution in [2.45, 2.75) is 25.9 Å². The minimum Gasteiger partial charge on any atom is -0.482 e. The maximum Gasteiger partial charge on any atom is 0.339 e. The van der Waals surface area contributed by atoms with Gasteiger partial charge in [-0.1, -0.05) is 25.1 Å². The van der Waals surface area contributed by atoms with E-state index in [1.165, 1.54) is 6.20 Å². The molecule has 1 aromatic carbocycles. The Kier molecular flexibility index (Phi) is 3.10. The van der Waals surface area contributed by atoms with E-state index in [4.69, 9.17) is 9.84 Å². The molecule has 1 aliphatic rings. The van der Waals surface area contributed by atoms with Gasteiger partial charge in [-0.3, -0.25) is 0 Å². The van der Waals surface area contributed by atoms with Crippen LogP contribution in [0.4, 0.5) is 0 Å². The second-order valence-electron chi connectivity index (χ2n) is 4.67. The molecule has 1 aliphatic heterocycles. The van der Waals surface area contributed by atoms with Crippen LogP contribution in [0, 0.1) is 0 Å². The molecule has 0 bridgehead atoms. The van der Waals surface area contributed by atoms with Crippen LogP contribution in [0.15, 0.2) is 30.5 Å². The van der Waals surface area contributed by atoms with E-state index in [1.807, 2.05) is 31.2 Å². The van der Waals surface area contributed by atoms with E-state index >= 15 is 0 Å². The quantitative estimate of drug-likeness (QED) is 0.927. The Bertz CT molecular complexity index is 645. The third kappa shape index (κ3) is 2.11. The molecule has 0 fully saturated rings. The van der Waals surface area contributed by atoms with Crippen molar-refractivity contribution >= 4 is 5.97 Å². The van der Waals surface area contributed by atoms with Gasteiger partial charge in [-0.2, -0.15) is 0 Å². The normalized spacial score (nSPS) is 16.6. The summed E-state index contributed by atoms with van der Waals surface area (Å²) >= 11 is 0. The lowest BCUT2D eigenvalue weighted by Gasteiger charge is -2.11. The molecule has 1 aromatic heterocycles. The SMILES string of the molecule is CCc1nc(C2Cc3ccccc3O2)ncc1C(=O)O. The number of aromatic carboxylic acids is 1. The van der Waals surface area contributed by atoms with E-state index in [-0.39, 0.29) is 11.7 Å². The highest BCUT2D eigenvalue weighted by Crippen LogP contribution is 2.35. The van der Waals surface area contributed by atoms with Gasteiger partial charge in [-0.15, -0.1) is 0 Å². The summed E-state index contributed by atoms with van der Waals surface area (Å²) in [6, 6.07) is 7.83. The zero-order valence-corrected chi connectivity index (χ0v) is 11.0. The van der Waals surface area contributed by atoms with Crippen LogP contribution in [-0.4, -0.2) is 21.0 Å². The van der Waals surface area contributed by atoms with Gasteiger partial charge in [0.25, 0.3) is 0 Å². The van der Waals surface area contributed by atoms with Crippen molar-refractivity contribution in [2.75, 3.05) is 0 Å². The van der Waals surface area contributed by atoms with Gasteiger partial charge in [0.1, 0.15) is 5.75 Å². The number of nitrogens with zero attached hydrogens (tertiary/aromatic N) is 2. The van der Waals surface area contributed by atoms with Crippen molar-refractivity contribution in [3.63, 3.8) is 0 Å². The minimum absolute atomic E-state index is 0.159. The number of carboxylic acid groups (broad SMARTS) is 1. The van der Waals surface area contributed by atoms with Crippen LogP contribution < -0.4 is 4.74 Å². The van der Waals surface area contributed by atoms with E-state index < -0.39 is 5.97 Å². The van der Waals surface area contributed by atoms with Crippen LogP contribution in [0.3, 0.4) is 0 Å². The summed E-state index contributed by atoms with van der Waals surface area (Å²) in [4.78, 5) is 19.6. The first kappa shape index (κ1) is 12.6. The fourth-order valence-corrected chi connectivity index (χ4v) is 2.36. The molecule has 1 atom stereocenters. The minimum atomic E-state index is -0.996. The summed E-state index contributed by atoms with van der Waals surface area (Å²) in [6.45, 7) is 1.88. The lowest BCUT2D eigenvalue weighted by Crippen LogP contribution is -2.13. The van der Waals surface area contributed by atoms with E-state index in [2.05, 4.69) is 9.97 Å². The summed E-state index contributed by atoms with van der Waals surface area (Å²) in [5.41, 5.74) is 1.83. The van der Waals surface area contributed by atoms with Gasteiger partial charge >= 0.3 is 5.97 Å². The molecule has 5 nitrogen and oxygen atoms in total. The lowest BCUT2D eigenvalue weighted by atomic mass is 10.1. The van der Waals surface area contributed by atoms with Crippen molar-refractivity contribution in [1.29, 1.82) is 0 Å². The Morgan fingerprint density at radius 1 is 1.45 bits per heavy atom. The van der Waals surface area contributed by atoms with Crippen molar-refractivity contribution < 1.29 is 14.6 Å². The predicted octanol–water partition coefficient (Wildman–Crippen LogP) is 2.41. The highest BCUT2D eigenvalue weighted by molar-refractivity contribution is 5.88. The molecule has 0 saturated heterocycles. The molecule has 0 aliphatic carbocycles. The van der Waals surface area contributed by atoms with E-state index in [9.17, 15) is 4.79 Å². The van der Waals surface area contributed by atoms with Gasteiger partial charge < -0.3 is 9.84 Å². The first-order valence-corrected chi connectivity index (χ1v) is 6.52. The topological polar surface area (TPSA) is 72.3 Å². The van der Waals surface area contributed by atoms with Gasteiger partial charge in [0, 0.05) is 12.6 Å². The number of rotatable bonds is 3. The Hall–Kier alpha value is -2.43. The maximum absolute atomic E-state index is 11.1. The molecule has 102 valence electrons. The molecule has 1 unspecified atom stereocenters. The smallest absolute Gasteiger partial charge is 0.339 e. The predicted molar refractivity (Wildman–Crippen MR) is 71.9 cm³/mol. The number of aryl methyl sites for hydroxylation is 1. The van der Waals surface area contributed by atoms with Crippen molar-refractivity contribution in [3.8, 4) is 5.75 Å². The zero-order valence-electron chi connectivity index (χ0n) is 11.0. The monoisotopic (exact) mass is 270 g/mol. The molecule has 1 N–H and O–H groups in total. The van der Waals surface area contributed by atoms with E-state index in [0.717, 1.165) is 11.3 Å². The van der Waals surface area contributed by atoms with Gasteiger partial charge in [-0.25, -0.2) is 14.8 Å². The number of para-hydroxylation sites is 1. The van der Waals surface area contributed by atoms with Gasteiger partial charge in [0.15, 0.2) is 11.9 Å². The Labute approximate surface area is 116 Å². The second kappa shape index (κ2) is 4.92. The Morgan fingerprint density at radius 3 is 2.95 bits per heavy atom. The fourth-order valence-electron chi connectivity index (χ4n) is 2.36. The number of benzene rings is 1. The highest BCUT2D eigenvalue weighted by Gasteiger charge is 2.27. The largest absolute Gasteiger partial charge is 0.482 e. The number of ether oxygens (including phenoxy) is 1. The average molecular weight is 270 g/mol. The summed E-state index contributed by atoms with van der Waals surface area (Å²) < 4.78 is 5.82. The zero-order chi connectivity index (χ0) is 14.1. The van der Waals surface area contributed by atoms with Crippen molar-refractivity contribution in [3.05, 3.63) is 53.1 Å². The number of carbonyl (C=O) groups is 1. The number of fused-ring (bicyclic) bond motifs is 1. The second-order valence-corrected chi connectivity index (χ2v) is 4.67. The van der Waals surface area contributed by atoms with Gasteiger partial charge in [-0.05, 0) is 18.1 Å². The van der Waals surface area contributed by atoms with Crippen LogP contribution >= 0.6 is 0 Å². The molecule has 0 spiro atoms. The first-order chi connectivity index (χ1) is 9.69. The van der Waals surface area contributed by atoms with Gasteiger partial charge in [0.2, 0.25) is 0 Å².